The molecule has 37 heavy (non-hydrogen) atoms. The van der Waals surface area contributed by atoms with E-state index in [1.54, 1.807) is 33.8 Å². The van der Waals surface area contributed by atoms with Crippen molar-refractivity contribution in [2.75, 3.05) is 0 Å². The molecule has 8 atom stereocenters. The molecular weight excluding hydrogens is 470 g/mol. The number of nitrogens with one attached hydrogen (secondary N) is 1. The number of aromatic hydroxyl groups is 1. The predicted molar refractivity (Wildman–Crippen MR) is 135 cm³/mol. The third kappa shape index (κ3) is 2.61. The molecule has 2 aliphatic carbocycles. The van der Waals surface area contributed by atoms with Gasteiger partial charge in [0.25, 0.3) is 0 Å². The zero-order chi connectivity index (χ0) is 27.0. The van der Waals surface area contributed by atoms with Crippen LogP contribution >= 0.6 is 0 Å². The predicted octanol–water partition coefficient (Wildman–Crippen LogP) is 3.95. The number of phenolic OH excluding ortho intramolecular Hbond substituents is 1. The van der Waals surface area contributed by atoms with Crippen LogP contribution in [0.15, 0.2) is 29.4 Å². The van der Waals surface area contributed by atoms with Crippen molar-refractivity contribution < 1.29 is 29.0 Å². The SMILES string of the molecule is C/C1=C/[C@@H](C)/C=C(\C)C(=O)[C@@H](C)[C@@H]2[C@@H](C)C(=O)N[C@@]23C[C@]24O[C@](C)(C(=O)c5c(O)c(C)cc(c52)C3=O)C14. The van der Waals surface area contributed by atoms with Crippen molar-refractivity contribution in [3.63, 3.8) is 0 Å². The van der Waals surface area contributed by atoms with Gasteiger partial charge in [0.05, 0.1) is 5.56 Å². The van der Waals surface area contributed by atoms with E-state index in [4.69, 9.17) is 4.74 Å². The molecule has 3 bridgehead atoms. The highest BCUT2D eigenvalue weighted by atomic mass is 16.6. The summed E-state index contributed by atoms with van der Waals surface area (Å²) in [5, 5.41) is 14.1. The minimum absolute atomic E-state index is 0.0758. The van der Waals surface area contributed by atoms with Gasteiger partial charge in [-0.05, 0) is 50.8 Å². The maximum atomic E-state index is 14.5. The van der Waals surface area contributed by atoms with Crippen LogP contribution in [0, 0.1) is 36.5 Å². The number of Topliss-reactive ketones (excluding diaryl/α,β-unsaturated/α-hetero) is 3. The van der Waals surface area contributed by atoms with Gasteiger partial charge in [-0.15, -0.1) is 0 Å². The molecule has 194 valence electrons. The van der Waals surface area contributed by atoms with Crippen LogP contribution < -0.4 is 5.32 Å². The lowest BCUT2D eigenvalue weighted by Gasteiger charge is -2.68. The van der Waals surface area contributed by atoms with Crippen molar-refractivity contribution in [3.05, 3.63) is 51.6 Å². The topological polar surface area (TPSA) is 110 Å². The lowest BCUT2D eigenvalue weighted by Crippen LogP contribution is -2.77. The Morgan fingerprint density at radius 2 is 1.68 bits per heavy atom. The lowest BCUT2D eigenvalue weighted by atomic mass is 9.47. The van der Waals surface area contributed by atoms with E-state index in [0.717, 1.165) is 5.57 Å². The third-order valence-electron chi connectivity index (χ3n) is 9.90. The Morgan fingerprint density at radius 3 is 2.35 bits per heavy atom. The highest BCUT2D eigenvalue weighted by molar-refractivity contribution is 6.17. The molecule has 1 amide bonds. The van der Waals surface area contributed by atoms with Crippen LogP contribution in [-0.2, 0) is 19.9 Å². The number of phenols is 1. The second kappa shape index (κ2) is 7.07. The van der Waals surface area contributed by atoms with Gasteiger partial charge in [-0.2, -0.15) is 0 Å². The van der Waals surface area contributed by atoms with Crippen LogP contribution in [0.25, 0.3) is 0 Å². The summed E-state index contributed by atoms with van der Waals surface area (Å²) in [4.78, 5) is 55.3. The van der Waals surface area contributed by atoms with E-state index in [0.29, 0.717) is 22.3 Å². The Morgan fingerprint density at radius 1 is 1.00 bits per heavy atom. The standard InChI is InChI=1S/C30H33NO6/c1-12-8-13(2)22(32)16(5)20-17(6)27(36)31-29(20)11-30-21-18(25(29)34)10-14(3)23(33)19(21)26(35)28(7,37-30)24(30)15(4)9-12/h8-10,12,16-17,20,24,33H,11H2,1-7H3,(H,31,36)/b13-8+,15-9-/t12-,16-,17+,20+,24?,28-,29-,30-/m0/s1. The van der Waals surface area contributed by atoms with Gasteiger partial charge in [0, 0.05) is 41.2 Å². The Labute approximate surface area is 216 Å². The maximum Gasteiger partial charge on any atom is 0.224 e. The van der Waals surface area contributed by atoms with Crippen LogP contribution in [0.2, 0.25) is 0 Å². The summed E-state index contributed by atoms with van der Waals surface area (Å²) >= 11 is 0. The number of rotatable bonds is 0. The number of carbonyl (C=O) groups excluding carboxylic acids is 4. The van der Waals surface area contributed by atoms with Gasteiger partial charge in [-0.3, -0.25) is 19.2 Å². The number of fused-ring (bicyclic) bond motifs is 2. The molecule has 5 aliphatic rings. The fraction of sp³-hybridized carbons (Fsp3) is 0.533. The van der Waals surface area contributed by atoms with E-state index in [9.17, 15) is 24.3 Å². The maximum absolute atomic E-state index is 14.5. The molecule has 7 nitrogen and oxygen atoms in total. The Balaban J connectivity index is 1.74. The van der Waals surface area contributed by atoms with E-state index >= 15 is 0 Å². The smallest absolute Gasteiger partial charge is 0.224 e. The minimum atomic E-state index is -1.37. The molecular formula is C30H33NO6. The molecule has 2 spiro atoms. The van der Waals surface area contributed by atoms with Gasteiger partial charge in [0.2, 0.25) is 5.91 Å². The number of benzene rings is 1. The van der Waals surface area contributed by atoms with Crippen molar-refractivity contribution in [2.45, 2.75) is 71.6 Å². The molecule has 6 rings (SSSR count). The van der Waals surface area contributed by atoms with Crippen LogP contribution in [0.5, 0.6) is 5.75 Å². The zero-order valence-corrected chi connectivity index (χ0v) is 22.3. The molecule has 2 N–H and O–H groups in total. The molecule has 1 unspecified atom stereocenters. The van der Waals surface area contributed by atoms with E-state index in [1.807, 2.05) is 26.8 Å². The molecule has 7 heteroatoms. The van der Waals surface area contributed by atoms with E-state index < -0.39 is 34.5 Å². The first kappa shape index (κ1) is 24.3. The second-order valence-electron chi connectivity index (χ2n) is 12.3. The normalized spacial score (nSPS) is 44.9. The van der Waals surface area contributed by atoms with Crippen LogP contribution in [0.1, 0.15) is 79.8 Å². The first-order valence-corrected chi connectivity index (χ1v) is 13.1. The first-order valence-electron chi connectivity index (χ1n) is 13.1. The molecule has 3 aliphatic heterocycles. The van der Waals surface area contributed by atoms with Gasteiger partial charge in [-0.1, -0.05) is 38.5 Å². The average Bonchev–Trinajstić information content (AvgIpc) is 3.04. The second-order valence-corrected chi connectivity index (χ2v) is 12.3. The summed E-state index contributed by atoms with van der Waals surface area (Å²) in [5.74, 6) is -3.36. The fourth-order valence-electron chi connectivity index (χ4n) is 8.71. The summed E-state index contributed by atoms with van der Waals surface area (Å²) < 4.78 is 6.61. The van der Waals surface area contributed by atoms with Crippen molar-refractivity contribution >= 4 is 23.3 Å². The molecule has 2 fully saturated rings. The summed E-state index contributed by atoms with van der Waals surface area (Å²) in [6.45, 7) is 12.8. The molecule has 0 radical (unpaired) electrons. The van der Waals surface area contributed by atoms with E-state index in [-0.39, 0.29) is 52.8 Å². The van der Waals surface area contributed by atoms with E-state index in [2.05, 4.69) is 11.4 Å². The number of ketones is 3. The van der Waals surface area contributed by atoms with Crippen LogP contribution in [-0.4, -0.2) is 39.5 Å². The van der Waals surface area contributed by atoms with Crippen molar-refractivity contribution in [1.82, 2.24) is 5.32 Å². The number of hydrogen-bond acceptors (Lipinski definition) is 6. The van der Waals surface area contributed by atoms with Gasteiger partial charge in [0.1, 0.15) is 22.5 Å². The molecule has 0 aromatic heterocycles. The summed E-state index contributed by atoms with van der Waals surface area (Å²) in [6, 6.07) is 1.62. The number of ether oxygens (including phenoxy) is 1. The van der Waals surface area contributed by atoms with Gasteiger partial charge < -0.3 is 15.2 Å². The number of allylic oxidation sites excluding steroid dienone is 3. The first-order chi connectivity index (χ1) is 17.2. The highest BCUT2D eigenvalue weighted by Gasteiger charge is 2.78. The van der Waals surface area contributed by atoms with Crippen LogP contribution in [0.3, 0.4) is 0 Å². The number of carbonyl (C=O) groups is 4. The Hall–Kier alpha value is -3.06. The number of amides is 1. The molecule has 3 heterocycles. The summed E-state index contributed by atoms with van der Waals surface area (Å²) in [6.07, 6.45) is 4.07. The van der Waals surface area contributed by atoms with Crippen molar-refractivity contribution in [1.29, 1.82) is 0 Å². The van der Waals surface area contributed by atoms with Crippen molar-refractivity contribution in [2.24, 2.45) is 29.6 Å². The Kier molecular flexibility index (Phi) is 4.64. The third-order valence-corrected chi connectivity index (χ3v) is 9.90. The molecule has 0 saturated carbocycles. The summed E-state index contributed by atoms with van der Waals surface area (Å²) in [7, 11) is 0. The quantitative estimate of drug-likeness (QED) is 0.519. The van der Waals surface area contributed by atoms with Crippen LogP contribution in [0.4, 0.5) is 0 Å². The number of hydrogen-bond donors (Lipinski definition) is 2. The Bertz CT molecular complexity index is 1420. The molecule has 1 aromatic rings. The monoisotopic (exact) mass is 503 g/mol. The molecule has 2 saturated heterocycles. The van der Waals surface area contributed by atoms with Gasteiger partial charge >= 0.3 is 0 Å². The van der Waals surface area contributed by atoms with Gasteiger partial charge in [-0.25, -0.2) is 0 Å². The van der Waals surface area contributed by atoms with Crippen molar-refractivity contribution in [3.8, 4) is 5.75 Å². The lowest BCUT2D eigenvalue weighted by molar-refractivity contribution is -0.303. The minimum Gasteiger partial charge on any atom is -0.507 e. The highest BCUT2D eigenvalue weighted by Crippen LogP contribution is 2.69. The average molecular weight is 504 g/mol. The fourth-order valence-corrected chi connectivity index (χ4v) is 8.71. The molecule has 1 aromatic carbocycles. The van der Waals surface area contributed by atoms with Gasteiger partial charge in [0.15, 0.2) is 17.3 Å². The summed E-state index contributed by atoms with van der Waals surface area (Å²) in [5.41, 5.74) is -0.858. The zero-order valence-electron chi connectivity index (χ0n) is 22.3. The number of aryl methyl sites for hydroxylation is 1. The van der Waals surface area contributed by atoms with E-state index in [1.165, 1.54) is 0 Å². The largest absolute Gasteiger partial charge is 0.507 e.